The summed E-state index contributed by atoms with van der Waals surface area (Å²) in [5.41, 5.74) is -2.92. The Morgan fingerprint density at radius 3 is 2.30 bits per heavy atom. The zero-order chi connectivity index (χ0) is 20.5. The molecule has 0 fully saturated rings. The molecule has 0 bridgehead atoms. The van der Waals surface area contributed by atoms with Crippen LogP contribution in [0.1, 0.15) is 5.56 Å². The van der Waals surface area contributed by atoms with Gasteiger partial charge in [0.15, 0.2) is 0 Å². The molecular weight excluding hydrogens is 396 g/mol. The van der Waals surface area contributed by atoms with Crippen molar-refractivity contribution in [2.45, 2.75) is 6.92 Å². The minimum Gasteiger partial charge on any atom is -0.269 e. The van der Waals surface area contributed by atoms with Crippen molar-refractivity contribution in [3.63, 3.8) is 0 Å². The highest BCUT2D eigenvalue weighted by atomic mass is 35.5. The number of halogens is 5. The maximum atomic E-state index is 14.3. The molecule has 0 aliphatic carbocycles. The van der Waals surface area contributed by atoms with Gasteiger partial charge in [0.1, 0.15) is 5.82 Å². The highest BCUT2D eigenvalue weighted by Gasteiger charge is 2.18. The van der Waals surface area contributed by atoms with E-state index in [9.17, 15) is 31.9 Å². The van der Waals surface area contributed by atoms with E-state index >= 15 is 0 Å². The number of alkyl halides is 2. The van der Waals surface area contributed by atoms with Crippen molar-refractivity contribution in [2.75, 3.05) is 6.93 Å². The summed E-state index contributed by atoms with van der Waals surface area (Å²) in [5, 5.41) is 0.122. The minimum absolute atomic E-state index is 0.122. The Kier molecular flexibility index (Phi) is 5.84. The fraction of sp³-hybridized carbons (Fsp3) is 0.200. The lowest BCUT2D eigenvalue weighted by Gasteiger charge is -2.13. The Hall–Kier alpha value is -2.95. The van der Waals surface area contributed by atoms with Crippen molar-refractivity contribution in [3.8, 4) is 5.69 Å². The predicted octanol–water partition coefficient (Wildman–Crippen LogP) is 1.67. The van der Waals surface area contributed by atoms with Gasteiger partial charge in [-0.15, -0.1) is 0 Å². The standard InChI is InChI=1S/C14H9ClF2N4O3.CH2F2/c1-6-3-9(8(16)4-7(6)15)20-11(22)5-10(17)21-12(20)18-13(23)19(2)14(21)24;2-1-3/h3-5H,1-2H3;1H2. The van der Waals surface area contributed by atoms with Gasteiger partial charge in [0.2, 0.25) is 18.7 Å². The van der Waals surface area contributed by atoms with Crippen molar-refractivity contribution in [3.05, 3.63) is 71.9 Å². The number of hydrogen-bond acceptors (Lipinski definition) is 4. The summed E-state index contributed by atoms with van der Waals surface area (Å²) in [6.07, 6.45) is 0. The summed E-state index contributed by atoms with van der Waals surface area (Å²) in [6, 6.07) is 2.71. The lowest BCUT2D eigenvalue weighted by Crippen LogP contribution is -2.41. The van der Waals surface area contributed by atoms with E-state index < -0.39 is 41.4 Å². The minimum atomic E-state index is -1.75. The summed E-state index contributed by atoms with van der Waals surface area (Å²) < 4.78 is 49.2. The normalized spacial score (nSPS) is 10.6. The molecular formula is C15H11ClF4N4O3. The van der Waals surface area contributed by atoms with Crippen LogP contribution in [0.3, 0.4) is 0 Å². The summed E-state index contributed by atoms with van der Waals surface area (Å²) in [5.74, 6) is -2.74. The van der Waals surface area contributed by atoms with E-state index in [2.05, 4.69) is 4.98 Å². The van der Waals surface area contributed by atoms with Gasteiger partial charge in [-0.1, -0.05) is 11.6 Å². The average Bonchev–Trinajstić information content (AvgIpc) is 2.57. The van der Waals surface area contributed by atoms with Crippen LogP contribution >= 0.6 is 11.6 Å². The van der Waals surface area contributed by atoms with Crippen LogP contribution in [0.5, 0.6) is 0 Å². The van der Waals surface area contributed by atoms with E-state index in [4.69, 9.17) is 11.6 Å². The van der Waals surface area contributed by atoms with Gasteiger partial charge in [0, 0.05) is 12.1 Å². The quantitative estimate of drug-likeness (QED) is 0.455. The number of aryl methyl sites for hydroxylation is 1. The second kappa shape index (κ2) is 7.74. The van der Waals surface area contributed by atoms with Crippen LogP contribution in [0.25, 0.3) is 11.5 Å². The third kappa shape index (κ3) is 3.63. The molecule has 27 heavy (non-hydrogen) atoms. The molecule has 0 radical (unpaired) electrons. The first kappa shape index (κ1) is 20.4. The number of aromatic nitrogens is 4. The third-order valence-corrected chi connectivity index (χ3v) is 3.91. The van der Waals surface area contributed by atoms with Crippen LogP contribution in [-0.4, -0.2) is 25.4 Å². The van der Waals surface area contributed by atoms with Gasteiger partial charge in [0.25, 0.3) is 5.56 Å². The molecule has 0 N–H and O–H groups in total. The summed E-state index contributed by atoms with van der Waals surface area (Å²) >= 11 is 5.82. The topological polar surface area (TPSA) is 78.4 Å². The van der Waals surface area contributed by atoms with Crippen LogP contribution in [0, 0.1) is 18.7 Å². The Labute approximate surface area is 152 Å². The molecule has 0 spiro atoms. The van der Waals surface area contributed by atoms with Gasteiger partial charge in [-0.3, -0.25) is 4.79 Å². The number of benzene rings is 1. The largest absolute Gasteiger partial charge is 0.354 e. The molecule has 0 aliphatic heterocycles. The van der Waals surface area contributed by atoms with Crippen LogP contribution in [-0.2, 0) is 7.05 Å². The van der Waals surface area contributed by atoms with Gasteiger partial charge in [-0.25, -0.2) is 36.3 Å². The molecule has 7 nitrogen and oxygen atoms in total. The molecule has 2 heterocycles. The first-order chi connectivity index (χ1) is 12.6. The highest BCUT2D eigenvalue weighted by molar-refractivity contribution is 6.31. The summed E-state index contributed by atoms with van der Waals surface area (Å²) in [4.78, 5) is 39.5. The first-order valence-corrected chi connectivity index (χ1v) is 7.51. The molecule has 0 saturated carbocycles. The van der Waals surface area contributed by atoms with Gasteiger partial charge in [0.05, 0.1) is 11.8 Å². The zero-order valence-electron chi connectivity index (χ0n) is 13.8. The number of nitrogens with zero attached hydrogens (tertiary/aromatic N) is 4. The average molecular weight is 407 g/mol. The van der Waals surface area contributed by atoms with Crippen LogP contribution < -0.4 is 16.9 Å². The molecule has 3 rings (SSSR count). The Bertz CT molecular complexity index is 1200. The fourth-order valence-electron chi connectivity index (χ4n) is 2.23. The molecule has 12 heteroatoms. The van der Waals surface area contributed by atoms with Crippen LogP contribution in [0.4, 0.5) is 17.6 Å². The molecule has 3 aromatic rings. The molecule has 144 valence electrons. The van der Waals surface area contributed by atoms with Gasteiger partial charge >= 0.3 is 11.4 Å². The van der Waals surface area contributed by atoms with Crippen molar-refractivity contribution >= 4 is 17.4 Å². The Morgan fingerprint density at radius 1 is 1.11 bits per heavy atom. The van der Waals surface area contributed by atoms with Crippen LogP contribution in [0.15, 0.2) is 32.6 Å². The lowest BCUT2D eigenvalue weighted by molar-refractivity contribution is 0.295. The monoisotopic (exact) mass is 406 g/mol. The maximum absolute atomic E-state index is 14.3. The molecule has 0 amide bonds. The predicted molar refractivity (Wildman–Crippen MR) is 89.0 cm³/mol. The van der Waals surface area contributed by atoms with E-state index in [-0.39, 0.29) is 10.7 Å². The van der Waals surface area contributed by atoms with E-state index in [0.29, 0.717) is 25.2 Å². The smallest absolute Gasteiger partial charge is 0.269 e. The molecule has 0 unspecified atom stereocenters. The van der Waals surface area contributed by atoms with E-state index in [1.165, 1.54) is 6.07 Å². The SMILES string of the molecule is Cc1cc(-n2c(=O)cc(F)n3c(=O)n(C)c(=O)nc23)c(F)cc1Cl.FCF. The van der Waals surface area contributed by atoms with Gasteiger partial charge in [-0.05, 0) is 24.6 Å². The third-order valence-electron chi connectivity index (χ3n) is 3.51. The van der Waals surface area contributed by atoms with Crippen LogP contribution in [0.2, 0.25) is 5.02 Å². The second-order valence-corrected chi connectivity index (χ2v) is 5.57. The summed E-state index contributed by atoms with van der Waals surface area (Å²) in [6.45, 7) is -0.180. The molecule has 1 aromatic carbocycles. The van der Waals surface area contributed by atoms with Crippen molar-refractivity contribution in [1.82, 2.24) is 18.5 Å². The second-order valence-electron chi connectivity index (χ2n) is 5.17. The molecule has 0 saturated heterocycles. The van der Waals surface area contributed by atoms with Gasteiger partial charge < -0.3 is 0 Å². The summed E-state index contributed by atoms with van der Waals surface area (Å²) in [7, 11) is 1.10. The number of fused-ring (bicyclic) bond motifs is 1. The maximum Gasteiger partial charge on any atom is 0.354 e. The Morgan fingerprint density at radius 2 is 1.70 bits per heavy atom. The molecule has 2 aromatic heterocycles. The van der Waals surface area contributed by atoms with Crippen molar-refractivity contribution in [1.29, 1.82) is 0 Å². The Balaban J connectivity index is 0.000000817. The lowest BCUT2D eigenvalue weighted by atomic mass is 10.2. The van der Waals surface area contributed by atoms with E-state index in [1.807, 2.05) is 0 Å². The number of rotatable bonds is 1. The highest BCUT2D eigenvalue weighted by Crippen LogP contribution is 2.22. The molecule has 0 aliphatic rings. The van der Waals surface area contributed by atoms with Crippen molar-refractivity contribution < 1.29 is 17.6 Å². The van der Waals surface area contributed by atoms with Crippen molar-refractivity contribution in [2.24, 2.45) is 7.05 Å². The molecule has 0 atom stereocenters. The van der Waals surface area contributed by atoms with E-state index in [0.717, 1.165) is 13.1 Å². The zero-order valence-corrected chi connectivity index (χ0v) is 14.6. The number of hydrogen-bond donors (Lipinski definition) is 0. The van der Waals surface area contributed by atoms with E-state index in [1.54, 1.807) is 6.92 Å². The fourth-order valence-corrected chi connectivity index (χ4v) is 2.38. The first-order valence-electron chi connectivity index (χ1n) is 7.13. The van der Waals surface area contributed by atoms with Gasteiger partial charge in [-0.2, -0.15) is 9.37 Å².